The Morgan fingerprint density at radius 3 is 2.87 bits per heavy atom. The summed E-state index contributed by atoms with van der Waals surface area (Å²) in [5, 5.41) is 8.19. The summed E-state index contributed by atoms with van der Waals surface area (Å²) in [5.74, 6) is 1.52. The summed E-state index contributed by atoms with van der Waals surface area (Å²) >= 11 is 0. The Labute approximate surface area is 90.9 Å². The second-order valence-electron chi connectivity index (χ2n) is 5.38. The van der Waals surface area contributed by atoms with Gasteiger partial charge in [0.15, 0.2) is 0 Å². The third-order valence-corrected chi connectivity index (χ3v) is 3.70. The third-order valence-electron chi connectivity index (χ3n) is 3.70. The predicted molar refractivity (Wildman–Crippen MR) is 59.4 cm³/mol. The van der Waals surface area contributed by atoms with Gasteiger partial charge in [0.1, 0.15) is 12.2 Å². The summed E-state index contributed by atoms with van der Waals surface area (Å²) in [4.78, 5) is 0. The summed E-state index contributed by atoms with van der Waals surface area (Å²) in [6.07, 6.45) is 5.10. The Kier molecular flexibility index (Phi) is 2.54. The molecule has 15 heavy (non-hydrogen) atoms. The lowest BCUT2D eigenvalue weighted by atomic mass is 9.67. The molecule has 2 N–H and O–H groups in total. The molecule has 4 heteroatoms. The van der Waals surface area contributed by atoms with E-state index in [9.17, 15) is 0 Å². The molecule has 0 saturated heterocycles. The summed E-state index contributed by atoms with van der Waals surface area (Å²) in [5.41, 5.74) is 6.33. The van der Waals surface area contributed by atoms with E-state index in [0.29, 0.717) is 12.0 Å². The number of aryl methyl sites for hydroxylation is 1. The Hall–Kier alpha value is -0.900. The lowest BCUT2D eigenvalue weighted by Crippen LogP contribution is -2.37. The van der Waals surface area contributed by atoms with Gasteiger partial charge in [-0.2, -0.15) is 0 Å². The fraction of sp³-hybridized carbons (Fsp3) is 0.818. The maximum Gasteiger partial charge on any atom is 0.136 e. The first-order valence-corrected chi connectivity index (χ1v) is 5.60. The molecule has 1 fully saturated rings. The van der Waals surface area contributed by atoms with E-state index in [1.165, 1.54) is 6.42 Å². The van der Waals surface area contributed by atoms with Gasteiger partial charge < -0.3 is 10.3 Å². The predicted octanol–water partition coefficient (Wildman–Crippen LogP) is 1.44. The second-order valence-corrected chi connectivity index (χ2v) is 5.38. The fourth-order valence-electron chi connectivity index (χ4n) is 2.53. The van der Waals surface area contributed by atoms with Crippen LogP contribution in [0.2, 0.25) is 0 Å². The van der Waals surface area contributed by atoms with Crippen LogP contribution in [0.15, 0.2) is 6.33 Å². The Bertz CT molecular complexity index is 342. The number of nitrogens with two attached hydrogens (primary N) is 1. The molecule has 2 atom stereocenters. The Morgan fingerprint density at radius 2 is 2.27 bits per heavy atom. The fourth-order valence-corrected chi connectivity index (χ4v) is 2.53. The third kappa shape index (κ3) is 1.91. The van der Waals surface area contributed by atoms with Crippen LogP contribution in [0.1, 0.15) is 44.9 Å². The van der Waals surface area contributed by atoms with Crippen LogP contribution in [0.5, 0.6) is 0 Å². The minimum atomic E-state index is 0.288. The second kappa shape index (κ2) is 3.59. The topological polar surface area (TPSA) is 56.7 Å². The smallest absolute Gasteiger partial charge is 0.136 e. The molecule has 0 aromatic carbocycles. The average molecular weight is 208 g/mol. The van der Waals surface area contributed by atoms with Crippen LogP contribution in [-0.2, 0) is 7.05 Å². The maximum atomic E-state index is 6.04. The van der Waals surface area contributed by atoms with Crippen molar-refractivity contribution in [3.05, 3.63) is 12.2 Å². The van der Waals surface area contributed by atoms with E-state index in [0.717, 1.165) is 18.7 Å². The van der Waals surface area contributed by atoms with Crippen LogP contribution < -0.4 is 5.73 Å². The van der Waals surface area contributed by atoms with Crippen LogP contribution in [-0.4, -0.2) is 20.8 Å². The molecule has 1 aliphatic rings. The van der Waals surface area contributed by atoms with Crippen LogP contribution in [0, 0.1) is 5.41 Å². The molecule has 4 nitrogen and oxygen atoms in total. The average Bonchev–Trinajstić information content (AvgIpc) is 2.56. The van der Waals surface area contributed by atoms with Gasteiger partial charge in [-0.15, -0.1) is 10.2 Å². The normalized spacial score (nSPS) is 30.4. The van der Waals surface area contributed by atoms with Crippen molar-refractivity contribution >= 4 is 0 Å². The van der Waals surface area contributed by atoms with Gasteiger partial charge in [0.05, 0.1) is 0 Å². The highest BCUT2D eigenvalue weighted by Crippen LogP contribution is 2.45. The molecule has 1 aliphatic carbocycles. The molecular weight excluding hydrogens is 188 g/mol. The molecule has 1 saturated carbocycles. The van der Waals surface area contributed by atoms with Crippen molar-refractivity contribution in [3.63, 3.8) is 0 Å². The molecule has 1 aromatic rings. The van der Waals surface area contributed by atoms with E-state index in [1.807, 2.05) is 11.6 Å². The van der Waals surface area contributed by atoms with Crippen LogP contribution in [0.4, 0.5) is 0 Å². The monoisotopic (exact) mass is 208 g/mol. The number of aromatic nitrogens is 3. The van der Waals surface area contributed by atoms with E-state index in [2.05, 4.69) is 24.0 Å². The van der Waals surface area contributed by atoms with Crippen LogP contribution >= 0.6 is 0 Å². The van der Waals surface area contributed by atoms with E-state index < -0.39 is 0 Å². The molecule has 0 radical (unpaired) electrons. The van der Waals surface area contributed by atoms with E-state index >= 15 is 0 Å². The standard InChI is InChI=1S/C11H20N4/c1-11(2)5-4-8(12)6-9(11)10-14-13-7-15(10)3/h7-9H,4-6,12H2,1-3H3. The van der Waals surface area contributed by atoms with E-state index in [-0.39, 0.29) is 5.41 Å². The van der Waals surface area contributed by atoms with Gasteiger partial charge in [0.25, 0.3) is 0 Å². The number of hydrogen-bond acceptors (Lipinski definition) is 3. The maximum absolute atomic E-state index is 6.04. The quantitative estimate of drug-likeness (QED) is 0.759. The van der Waals surface area contributed by atoms with Crippen LogP contribution in [0.25, 0.3) is 0 Å². The first kappa shape index (κ1) is 10.6. The van der Waals surface area contributed by atoms with Crippen molar-refractivity contribution < 1.29 is 0 Å². The minimum Gasteiger partial charge on any atom is -0.328 e. The highest BCUT2D eigenvalue weighted by molar-refractivity contribution is 5.06. The van der Waals surface area contributed by atoms with Gasteiger partial charge in [-0.25, -0.2) is 0 Å². The SMILES string of the molecule is Cn1cnnc1C1CC(N)CCC1(C)C. The van der Waals surface area contributed by atoms with Crippen molar-refractivity contribution in [2.45, 2.75) is 45.1 Å². The van der Waals surface area contributed by atoms with Crippen molar-refractivity contribution in [1.29, 1.82) is 0 Å². The molecule has 2 unspecified atom stereocenters. The van der Waals surface area contributed by atoms with Gasteiger partial charge in [0, 0.05) is 19.0 Å². The number of nitrogens with zero attached hydrogens (tertiary/aromatic N) is 3. The number of rotatable bonds is 1. The van der Waals surface area contributed by atoms with Crippen LogP contribution in [0.3, 0.4) is 0 Å². The van der Waals surface area contributed by atoms with Gasteiger partial charge in [-0.1, -0.05) is 13.8 Å². The molecule has 2 rings (SSSR count). The highest BCUT2D eigenvalue weighted by Gasteiger charge is 2.38. The summed E-state index contributed by atoms with van der Waals surface area (Å²) in [6.45, 7) is 4.61. The Balaban J connectivity index is 2.29. The lowest BCUT2D eigenvalue weighted by Gasteiger charge is -2.40. The molecule has 0 bridgehead atoms. The minimum absolute atomic E-state index is 0.288. The van der Waals surface area contributed by atoms with Crippen molar-refractivity contribution in [3.8, 4) is 0 Å². The van der Waals surface area contributed by atoms with Crippen molar-refractivity contribution in [2.75, 3.05) is 0 Å². The van der Waals surface area contributed by atoms with Crippen molar-refractivity contribution in [1.82, 2.24) is 14.8 Å². The summed E-state index contributed by atoms with van der Waals surface area (Å²) in [7, 11) is 2.01. The molecule has 1 heterocycles. The van der Waals surface area contributed by atoms with Crippen molar-refractivity contribution in [2.24, 2.45) is 18.2 Å². The summed E-state index contributed by atoms with van der Waals surface area (Å²) < 4.78 is 2.02. The molecule has 0 aliphatic heterocycles. The number of hydrogen-bond donors (Lipinski definition) is 1. The van der Waals surface area contributed by atoms with E-state index in [4.69, 9.17) is 5.73 Å². The lowest BCUT2D eigenvalue weighted by molar-refractivity contribution is 0.173. The first-order chi connectivity index (χ1) is 7.00. The molecule has 0 spiro atoms. The zero-order valence-corrected chi connectivity index (χ0v) is 9.77. The summed E-state index contributed by atoms with van der Waals surface area (Å²) in [6, 6.07) is 0.319. The first-order valence-electron chi connectivity index (χ1n) is 5.60. The van der Waals surface area contributed by atoms with Gasteiger partial charge >= 0.3 is 0 Å². The largest absolute Gasteiger partial charge is 0.328 e. The molecule has 1 aromatic heterocycles. The highest BCUT2D eigenvalue weighted by atomic mass is 15.2. The zero-order valence-electron chi connectivity index (χ0n) is 9.77. The molecule has 84 valence electrons. The van der Waals surface area contributed by atoms with E-state index in [1.54, 1.807) is 6.33 Å². The molecular formula is C11H20N4. The van der Waals surface area contributed by atoms with Gasteiger partial charge in [-0.3, -0.25) is 0 Å². The Morgan fingerprint density at radius 1 is 1.53 bits per heavy atom. The van der Waals surface area contributed by atoms with Gasteiger partial charge in [-0.05, 0) is 24.7 Å². The zero-order chi connectivity index (χ0) is 11.1. The molecule has 0 amide bonds. The van der Waals surface area contributed by atoms with Gasteiger partial charge in [0.2, 0.25) is 0 Å².